The molecule has 1 aliphatic rings. The number of methoxy groups -OCH3 is 1. The fraction of sp³-hybridized carbons (Fsp3) is 0.484. The summed E-state index contributed by atoms with van der Waals surface area (Å²) in [6.07, 6.45) is 1.10. The molecule has 3 unspecified atom stereocenters. The molecule has 1 aliphatic carbocycles. The number of benzene rings is 2. The highest BCUT2D eigenvalue weighted by Crippen LogP contribution is 2.57. The molecule has 2 aromatic rings. The Hall–Kier alpha value is -2.81. The van der Waals surface area contributed by atoms with Crippen LogP contribution in [-0.2, 0) is 30.3 Å². The maximum atomic E-state index is 13.5. The molecule has 228 valence electrons. The maximum absolute atomic E-state index is 13.5. The highest BCUT2D eigenvalue weighted by molar-refractivity contribution is 6.42. The van der Waals surface area contributed by atoms with Crippen LogP contribution in [0.5, 0.6) is 0 Å². The van der Waals surface area contributed by atoms with Crippen LogP contribution in [0.2, 0.25) is 15.1 Å². The van der Waals surface area contributed by atoms with Crippen LogP contribution < -0.4 is 10.6 Å². The van der Waals surface area contributed by atoms with Gasteiger partial charge < -0.3 is 20.1 Å². The van der Waals surface area contributed by atoms with Crippen LogP contribution in [0.15, 0.2) is 36.4 Å². The zero-order chi connectivity index (χ0) is 31.6. The van der Waals surface area contributed by atoms with E-state index in [1.807, 2.05) is 41.5 Å². The Morgan fingerprint density at radius 1 is 1.00 bits per heavy atom. The third-order valence-electron chi connectivity index (χ3n) is 8.08. The van der Waals surface area contributed by atoms with Crippen molar-refractivity contribution in [3.8, 4) is 0 Å². The Kier molecular flexibility index (Phi) is 10.3. The minimum atomic E-state index is -0.959. The van der Waals surface area contributed by atoms with Crippen LogP contribution in [0.3, 0.4) is 0 Å². The molecule has 0 bridgehead atoms. The van der Waals surface area contributed by atoms with Crippen molar-refractivity contribution < 1.29 is 28.7 Å². The topological polar surface area (TPSA) is 111 Å². The van der Waals surface area contributed by atoms with Gasteiger partial charge in [0, 0.05) is 23.0 Å². The second-order valence-electron chi connectivity index (χ2n) is 12.3. The third-order valence-corrected chi connectivity index (χ3v) is 8.89. The molecule has 3 atom stereocenters. The summed E-state index contributed by atoms with van der Waals surface area (Å²) in [6.45, 7) is 11.0. The van der Waals surface area contributed by atoms with Crippen molar-refractivity contribution in [2.24, 2.45) is 16.7 Å². The van der Waals surface area contributed by atoms with E-state index in [1.54, 1.807) is 24.3 Å². The first-order valence-electron chi connectivity index (χ1n) is 13.6. The lowest BCUT2D eigenvalue weighted by atomic mass is 9.65. The van der Waals surface area contributed by atoms with Crippen LogP contribution >= 0.6 is 34.8 Å². The Balaban J connectivity index is 1.71. The monoisotopic (exact) mass is 638 g/mol. The van der Waals surface area contributed by atoms with Crippen LogP contribution in [0.4, 0.5) is 5.69 Å². The molecule has 0 radical (unpaired) electrons. The van der Waals surface area contributed by atoms with Gasteiger partial charge in [-0.1, -0.05) is 60.8 Å². The lowest BCUT2D eigenvalue weighted by Gasteiger charge is -2.40. The van der Waals surface area contributed by atoms with Crippen molar-refractivity contribution in [3.05, 3.63) is 62.6 Å². The van der Waals surface area contributed by atoms with Crippen molar-refractivity contribution >= 4 is 64.2 Å². The second kappa shape index (κ2) is 12.8. The van der Waals surface area contributed by atoms with E-state index >= 15 is 0 Å². The number of anilines is 1. The van der Waals surface area contributed by atoms with Gasteiger partial charge in [0.1, 0.15) is 11.6 Å². The second-order valence-corrected chi connectivity index (χ2v) is 13.6. The summed E-state index contributed by atoms with van der Waals surface area (Å²) in [4.78, 5) is 52.1. The average Bonchev–Trinajstić information content (AvgIpc) is 3.12. The summed E-state index contributed by atoms with van der Waals surface area (Å²) in [5.41, 5.74) is -0.965. The predicted octanol–water partition coefficient (Wildman–Crippen LogP) is 6.88. The molecule has 2 N–H and O–H groups in total. The molecule has 42 heavy (non-hydrogen) atoms. The Bertz CT molecular complexity index is 1350. The van der Waals surface area contributed by atoms with E-state index in [1.165, 1.54) is 19.2 Å². The van der Waals surface area contributed by atoms with E-state index in [4.69, 9.17) is 44.3 Å². The van der Waals surface area contributed by atoms with Gasteiger partial charge in [-0.2, -0.15) is 0 Å². The van der Waals surface area contributed by atoms with E-state index in [0.29, 0.717) is 23.6 Å². The zero-order valence-electron chi connectivity index (χ0n) is 24.8. The number of hydrogen-bond donors (Lipinski definition) is 2. The molecular weight excluding hydrogens is 603 g/mol. The number of carbonyl (C=O) groups is 4. The molecular formula is C31H37Cl3N2O6. The van der Waals surface area contributed by atoms with Gasteiger partial charge in [0.2, 0.25) is 5.91 Å². The molecule has 0 aliphatic heterocycles. The fourth-order valence-electron chi connectivity index (χ4n) is 5.24. The smallest absolute Gasteiger partial charge is 0.328 e. The number of esters is 2. The van der Waals surface area contributed by atoms with Crippen molar-refractivity contribution in [1.29, 1.82) is 0 Å². The van der Waals surface area contributed by atoms with Gasteiger partial charge in [0.25, 0.3) is 5.91 Å². The Morgan fingerprint density at radius 3 is 2.10 bits per heavy atom. The minimum absolute atomic E-state index is 0.0953. The summed E-state index contributed by atoms with van der Waals surface area (Å²) in [6, 6.07) is 8.67. The zero-order valence-corrected chi connectivity index (χ0v) is 27.1. The largest absolute Gasteiger partial charge is 0.467 e. The first-order chi connectivity index (χ1) is 19.4. The molecule has 0 heterocycles. The highest BCUT2D eigenvalue weighted by Gasteiger charge is 2.59. The van der Waals surface area contributed by atoms with Crippen molar-refractivity contribution in [2.75, 3.05) is 12.4 Å². The molecule has 0 aromatic heterocycles. The molecule has 1 saturated carbocycles. The van der Waals surface area contributed by atoms with Gasteiger partial charge >= 0.3 is 11.9 Å². The number of carbonyl (C=O) groups excluding carboxylic acids is 4. The van der Waals surface area contributed by atoms with Crippen molar-refractivity contribution in [1.82, 2.24) is 5.32 Å². The van der Waals surface area contributed by atoms with E-state index < -0.39 is 40.3 Å². The summed E-state index contributed by atoms with van der Waals surface area (Å²) < 4.78 is 10.7. The van der Waals surface area contributed by atoms with E-state index in [-0.39, 0.29) is 33.9 Å². The standard InChI is InChI=1S/C31H37Cl3N2O6/c1-29(2,3)42-28(40)31(6)13-12-20(30(31,4)5)25(37)36-23(27(39)41-7)14-17-8-10-19(11-9-17)35-26(38)24-21(33)15-18(32)16-22(24)34/h8-11,15-16,20,23H,12-14H2,1-7H3,(H,35,38)(H,36,37). The lowest BCUT2D eigenvalue weighted by molar-refractivity contribution is -0.173. The fourth-order valence-corrected chi connectivity index (χ4v) is 6.22. The van der Waals surface area contributed by atoms with Crippen molar-refractivity contribution in [3.63, 3.8) is 0 Å². The maximum Gasteiger partial charge on any atom is 0.328 e. The number of rotatable bonds is 8. The average molecular weight is 640 g/mol. The van der Waals surface area contributed by atoms with Gasteiger partial charge in [-0.05, 0) is 75.8 Å². The number of amides is 2. The van der Waals surface area contributed by atoms with E-state index in [9.17, 15) is 19.2 Å². The number of hydrogen-bond acceptors (Lipinski definition) is 6. The number of ether oxygens (including phenoxy) is 2. The van der Waals surface area contributed by atoms with Crippen LogP contribution in [0.25, 0.3) is 0 Å². The van der Waals surface area contributed by atoms with Crippen LogP contribution in [0.1, 0.15) is 70.3 Å². The van der Waals surface area contributed by atoms with Gasteiger partial charge in [0.05, 0.1) is 28.1 Å². The van der Waals surface area contributed by atoms with Gasteiger partial charge in [-0.25, -0.2) is 4.79 Å². The Labute approximate surface area is 261 Å². The number of halogens is 3. The summed E-state index contributed by atoms with van der Waals surface area (Å²) in [7, 11) is 1.26. The normalized spacial score (nSPS) is 20.4. The van der Waals surface area contributed by atoms with Gasteiger partial charge in [-0.15, -0.1) is 0 Å². The Morgan fingerprint density at radius 2 is 1.57 bits per heavy atom. The van der Waals surface area contributed by atoms with Gasteiger partial charge in [0.15, 0.2) is 0 Å². The minimum Gasteiger partial charge on any atom is -0.467 e. The molecule has 2 aromatic carbocycles. The molecule has 2 amide bonds. The molecule has 1 fully saturated rings. The van der Waals surface area contributed by atoms with E-state index in [0.717, 1.165) is 5.56 Å². The first kappa shape index (κ1) is 33.7. The van der Waals surface area contributed by atoms with E-state index in [2.05, 4.69) is 10.6 Å². The SMILES string of the molecule is COC(=O)C(Cc1ccc(NC(=O)c2c(Cl)cc(Cl)cc2Cl)cc1)NC(=O)C1CCC(C)(C(=O)OC(C)(C)C)C1(C)C. The summed E-state index contributed by atoms with van der Waals surface area (Å²) >= 11 is 18.2. The molecule has 0 spiro atoms. The van der Waals surface area contributed by atoms with Crippen molar-refractivity contribution in [2.45, 2.75) is 72.4 Å². The molecule has 0 saturated heterocycles. The lowest BCUT2D eigenvalue weighted by Crippen LogP contribution is -2.51. The summed E-state index contributed by atoms with van der Waals surface area (Å²) in [5, 5.41) is 6.13. The summed E-state index contributed by atoms with van der Waals surface area (Å²) in [5.74, 6) is -2.30. The highest BCUT2D eigenvalue weighted by atomic mass is 35.5. The molecule has 8 nitrogen and oxygen atoms in total. The number of nitrogens with one attached hydrogen (secondary N) is 2. The first-order valence-corrected chi connectivity index (χ1v) is 14.7. The van der Waals surface area contributed by atoms with Crippen LogP contribution in [0, 0.1) is 16.7 Å². The third kappa shape index (κ3) is 7.39. The molecule has 11 heteroatoms. The quantitative estimate of drug-likeness (QED) is 0.305. The molecule has 3 rings (SSSR count). The van der Waals surface area contributed by atoms with Gasteiger partial charge in [-0.3, -0.25) is 14.4 Å². The predicted molar refractivity (Wildman–Crippen MR) is 164 cm³/mol. The van der Waals surface area contributed by atoms with Crippen LogP contribution in [-0.4, -0.2) is 42.5 Å².